The summed E-state index contributed by atoms with van der Waals surface area (Å²) in [5.41, 5.74) is 4.76. The summed E-state index contributed by atoms with van der Waals surface area (Å²) in [6.07, 6.45) is 2.59. The second-order valence-corrected chi connectivity index (χ2v) is 13.1. The molecule has 0 spiro atoms. The molecule has 0 saturated carbocycles. The van der Waals surface area contributed by atoms with Gasteiger partial charge in [-0.15, -0.1) is 23.1 Å². The van der Waals surface area contributed by atoms with Crippen molar-refractivity contribution in [2.75, 3.05) is 39.2 Å². The molecule has 6 rings (SSSR count). The molecule has 3 aromatic rings. The van der Waals surface area contributed by atoms with E-state index in [0.717, 1.165) is 53.3 Å². The fourth-order valence-corrected chi connectivity index (χ4v) is 7.68. The summed E-state index contributed by atoms with van der Waals surface area (Å²) >= 11 is 2.63. The molecule has 1 N–H and O–H groups in total. The molecule has 7 nitrogen and oxygen atoms in total. The van der Waals surface area contributed by atoms with Crippen LogP contribution in [0.3, 0.4) is 0 Å². The average molecular weight is 697 g/mol. The molecular formula is C36H39F3N4O3S2. The molecule has 0 fully saturated rings. The number of rotatable bonds is 10. The highest BCUT2D eigenvalue weighted by Crippen LogP contribution is 2.39. The van der Waals surface area contributed by atoms with E-state index in [4.69, 9.17) is 19.5 Å². The monoisotopic (exact) mass is 696 g/mol. The van der Waals surface area contributed by atoms with Crippen molar-refractivity contribution < 1.29 is 28.9 Å². The molecule has 0 bridgehead atoms. The third-order valence-corrected chi connectivity index (χ3v) is 10.1. The number of fused-ring (bicyclic) bond motifs is 2. The van der Waals surface area contributed by atoms with Gasteiger partial charge in [0.15, 0.2) is 0 Å². The van der Waals surface area contributed by atoms with Gasteiger partial charge in [0.1, 0.15) is 40.5 Å². The summed E-state index contributed by atoms with van der Waals surface area (Å²) in [7, 11) is 1.50. The number of nitrogens with one attached hydrogen (secondary N) is 1. The zero-order chi connectivity index (χ0) is 33.1. The number of amides is 1. The number of ether oxygens (including phenoxy) is 2. The normalized spacial score (nSPS) is 16.8. The molecule has 0 saturated heterocycles. The zero-order valence-corrected chi connectivity index (χ0v) is 27.5. The van der Waals surface area contributed by atoms with E-state index in [1.54, 1.807) is 4.90 Å². The number of hydrogen-bond donors (Lipinski definition) is 1. The highest BCUT2D eigenvalue weighted by molar-refractivity contribution is 8.02. The number of carbonyl (C=O) groups is 1. The first-order valence-electron chi connectivity index (χ1n) is 15.1. The van der Waals surface area contributed by atoms with Crippen LogP contribution in [0.5, 0.6) is 5.75 Å². The Labute approximate surface area is 288 Å². The molecule has 12 heteroatoms. The van der Waals surface area contributed by atoms with Crippen LogP contribution in [0.4, 0.5) is 13.2 Å². The highest BCUT2D eigenvalue weighted by Gasteiger charge is 2.29. The van der Waals surface area contributed by atoms with Crippen molar-refractivity contribution in [3.8, 4) is 5.75 Å². The molecule has 1 aromatic heterocycles. The standard InChI is InChI=1S/C35H33F3N4O3S2.CH4.H2/c1-4-31(43)42-10-8-28-30(17-42)47-35(40-28)33(20(2)32-26(37)14-24(36)15-29(32)45-12-11-44-3)41-34(25-18-46-19-27(25)38)22-5-6-23-16-39-9-7-21(23)13-22;;/h4-6,13-15,19,39H,1-2,7-12,16-18H2,3H3;1H4;1H/b34-25+,41-33?;;. The summed E-state index contributed by atoms with van der Waals surface area (Å²) in [4.78, 5) is 24.9. The number of aromatic nitrogens is 1. The molecular weight excluding hydrogens is 658 g/mol. The Kier molecular flexibility index (Phi) is 11.4. The maximum Gasteiger partial charge on any atom is 0.246 e. The molecule has 0 aliphatic carbocycles. The van der Waals surface area contributed by atoms with Crippen molar-refractivity contribution in [2.45, 2.75) is 33.4 Å². The number of thiazole rings is 1. The minimum Gasteiger partial charge on any atom is -0.490 e. The van der Waals surface area contributed by atoms with Crippen molar-refractivity contribution >= 4 is 46.0 Å². The number of methoxy groups -OCH3 is 1. The van der Waals surface area contributed by atoms with Gasteiger partial charge in [0.2, 0.25) is 5.91 Å². The summed E-state index contributed by atoms with van der Waals surface area (Å²) in [6.45, 7) is 10.4. The summed E-state index contributed by atoms with van der Waals surface area (Å²) in [6, 6.07) is 7.81. The maximum atomic E-state index is 15.7. The van der Waals surface area contributed by atoms with Crippen molar-refractivity contribution in [1.29, 1.82) is 0 Å². The minimum atomic E-state index is -0.892. The predicted molar refractivity (Wildman–Crippen MR) is 190 cm³/mol. The molecule has 3 aliphatic heterocycles. The zero-order valence-electron chi connectivity index (χ0n) is 25.8. The third kappa shape index (κ3) is 7.36. The van der Waals surface area contributed by atoms with E-state index in [2.05, 4.69) is 18.5 Å². The Balaban J connectivity index is 0.00000270. The van der Waals surface area contributed by atoms with Gasteiger partial charge in [-0.2, -0.15) is 0 Å². The number of aliphatic imine (C=N–C) groups is 1. The Bertz CT molecular complexity index is 1860. The SMILES string of the molecule is C.C=CC(=O)N1CCc2nc(C(=N/C(=C3\CSC=C3F)c3ccc4c(c3)CCNC4)C(=C)c3c(F)cc(F)cc3OCCOC)sc2C1.[HH]. The van der Waals surface area contributed by atoms with E-state index >= 15 is 8.78 Å². The summed E-state index contributed by atoms with van der Waals surface area (Å²) < 4.78 is 56.5. The highest BCUT2D eigenvalue weighted by atomic mass is 32.2. The van der Waals surface area contributed by atoms with Gasteiger partial charge in [-0.05, 0) is 36.2 Å². The number of halogens is 3. The Morgan fingerprint density at radius 2 is 2.02 bits per heavy atom. The van der Waals surface area contributed by atoms with Crippen LogP contribution in [0, 0.1) is 11.6 Å². The van der Waals surface area contributed by atoms with E-state index < -0.39 is 17.5 Å². The van der Waals surface area contributed by atoms with Gasteiger partial charge in [-0.1, -0.05) is 32.7 Å². The van der Waals surface area contributed by atoms with Crippen LogP contribution in [-0.2, 0) is 35.5 Å². The van der Waals surface area contributed by atoms with Gasteiger partial charge in [0.25, 0.3) is 0 Å². The fraction of sp³-hybridized carbons (Fsp3) is 0.306. The van der Waals surface area contributed by atoms with Crippen molar-refractivity contribution in [3.63, 3.8) is 0 Å². The van der Waals surface area contributed by atoms with Crippen LogP contribution in [0.15, 0.2) is 71.4 Å². The van der Waals surface area contributed by atoms with Crippen LogP contribution in [0.1, 0.15) is 46.7 Å². The largest absolute Gasteiger partial charge is 0.490 e. The fourth-order valence-electron chi connectivity index (χ4n) is 5.73. The van der Waals surface area contributed by atoms with Crippen molar-refractivity contribution in [3.05, 3.63) is 116 Å². The average Bonchev–Trinajstić information content (AvgIpc) is 3.69. The van der Waals surface area contributed by atoms with Crippen LogP contribution < -0.4 is 10.1 Å². The first kappa shape index (κ1) is 35.3. The number of nitrogens with zero attached hydrogens (tertiary/aromatic N) is 3. The minimum absolute atomic E-state index is 0. The van der Waals surface area contributed by atoms with Crippen molar-refractivity contribution in [2.24, 2.45) is 4.99 Å². The smallest absolute Gasteiger partial charge is 0.246 e. The summed E-state index contributed by atoms with van der Waals surface area (Å²) in [5, 5.41) is 5.23. The lowest BCUT2D eigenvalue weighted by Gasteiger charge is -2.24. The first-order valence-corrected chi connectivity index (χ1v) is 17.0. The second-order valence-electron chi connectivity index (χ2n) is 11.2. The Morgan fingerprint density at radius 1 is 1.19 bits per heavy atom. The van der Waals surface area contributed by atoms with Gasteiger partial charge in [-0.25, -0.2) is 23.1 Å². The van der Waals surface area contributed by atoms with E-state index in [1.807, 2.05) is 18.2 Å². The topological polar surface area (TPSA) is 76.1 Å². The quantitative estimate of drug-likeness (QED) is 0.134. The molecule has 4 heterocycles. The molecule has 0 unspecified atom stereocenters. The number of thioether (sulfide) groups is 1. The molecule has 48 heavy (non-hydrogen) atoms. The van der Waals surface area contributed by atoms with Gasteiger partial charge >= 0.3 is 0 Å². The van der Waals surface area contributed by atoms with Crippen LogP contribution in [-0.4, -0.2) is 60.7 Å². The molecule has 3 aliphatic rings. The second kappa shape index (κ2) is 15.5. The van der Waals surface area contributed by atoms with Crippen LogP contribution in [0.25, 0.3) is 11.3 Å². The van der Waals surface area contributed by atoms with Crippen LogP contribution >= 0.6 is 23.1 Å². The van der Waals surface area contributed by atoms with E-state index in [-0.39, 0.29) is 50.6 Å². The lowest BCUT2D eigenvalue weighted by atomic mass is 9.95. The van der Waals surface area contributed by atoms with E-state index in [0.29, 0.717) is 47.1 Å². The van der Waals surface area contributed by atoms with Crippen molar-refractivity contribution in [1.82, 2.24) is 15.2 Å². The number of carbonyl (C=O) groups excluding carboxylic acids is 1. The third-order valence-electron chi connectivity index (χ3n) is 8.15. The molecule has 0 radical (unpaired) electrons. The Morgan fingerprint density at radius 3 is 2.77 bits per heavy atom. The lowest BCUT2D eigenvalue weighted by molar-refractivity contribution is -0.126. The number of benzene rings is 2. The van der Waals surface area contributed by atoms with Gasteiger partial charge in [0, 0.05) is 72.9 Å². The maximum absolute atomic E-state index is 15.7. The van der Waals surface area contributed by atoms with Gasteiger partial charge < -0.3 is 19.7 Å². The molecule has 1 amide bonds. The van der Waals surface area contributed by atoms with Crippen LogP contribution in [0.2, 0.25) is 0 Å². The van der Waals surface area contributed by atoms with E-state index in [1.165, 1.54) is 41.7 Å². The lowest BCUT2D eigenvalue weighted by Crippen LogP contribution is -2.34. The first-order chi connectivity index (χ1) is 22.8. The number of hydrogen-bond acceptors (Lipinski definition) is 8. The van der Waals surface area contributed by atoms with Gasteiger partial charge in [0.05, 0.1) is 30.1 Å². The molecule has 2 aromatic carbocycles. The predicted octanol–water partition coefficient (Wildman–Crippen LogP) is 7.52. The molecule has 0 atom stereocenters. The summed E-state index contributed by atoms with van der Waals surface area (Å²) in [5.74, 6) is -2.01. The number of allylic oxidation sites excluding steroid dienone is 2. The molecule has 254 valence electrons. The Hall–Kier alpha value is -3.97. The van der Waals surface area contributed by atoms with Gasteiger partial charge in [-0.3, -0.25) is 4.79 Å². The van der Waals surface area contributed by atoms with E-state index in [9.17, 15) is 9.18 Å².